The lowest BCUT2D eigenvalue weighted by molar-refractivity contribution is 0.181. The number of rotatable bonds is 4. The molecule has 1 fully saturated rings. The maximum atomic E-state index is 10.2. The van der Waals surface area contributed by atoms with E-state index in [1.165, 1.54) is 0 Å². The fourth-order valence-corrected chi connectivity index (χ4v) is 4.48. The first-order valence-electron chi connectivity index (χ1n) is 8.20. The van der Waals surface area contributed by atoms with Crippen LogP contribution < -0.4 is 0 Å². The Labute approximate surface area is 144 Å². The van der Waals surface area contributed by atoms with Gasteiger partial charge in [0, 0.05) is 32.1 Å². The highest BCUT2D eigenvalue weighted by Crippen LogP contribution is 2.35. The third kappa shape index (κ3) is 2.47. The number of nitriles is 1. The molecule has 6 nitrogen and oxygen atoms in total. The molecule has 0 aliphatic carbocycles. The van der Waals surface area contributed by atoms with Crippen LogP contribution in [-0.2, 0) is 0 Å². The van der Waals surface area contributed by atoms with Gasteiger partial charge < -0.3 is 14.6 Å². The average molecular weight is 341 g/mol. The molecule has 7 heteroatoms. The number of nitrogens with zero attached hydrogens (tertiary/aromatic N) is 5. The van der Waals surface area contributed by atoms with E-state index in [4.69, 9.17) is 5.26 Å². The molecule has 24 heavy (non-hydrogen) atoms. The molecule has 0 bridgehead atoms. The highest BCUT2D eigenvalue weighted by Gasteiger charge is 2.29. The largest absolute Gasteiger partial charge is 0.385 e. The lowest BCUT2D eigenvalue weighted by atomic mass is 10.2. The number of hydrogen-bond acceptors (Lipinski definition) is 6. The summed E-state index contributed by atoms with van der Waals surface area (Å²) in [6, 6.07) is 4.51. The smallest absolute Gasteiger partial charge is 0.138 e. The van der Waals surface area contributed by atoms with Gasteiger partial charge in [0.05, 0.1) is 28.0 Å². The quantitative estimate of drug-likeness (QED) is 0.789. The van der Waals surface area contributed by atoms with Crippen molar-refractivity contribution in [2.24, 2.45) is 0 Å². The number of fused-ring (bicyclic) bond motifs is 3. The maximum absolute atomic E-state index is 10.2. The molecule has 0 spiro atoms. The molecule has 3 aromatic rings. The number of pyridine rings is 1. The number of likely N-dealkylation sites (tertiary alicyclic amines) is 1. The van der Waals surface area contributed by atoms with E-state index in [1.807, 2.05) is 11.4 Å². The fraction of sp³-hybridized carbons (Fsp3) is 0.471. The van der Waals surface area contributed by atoms with Gasteiger partial charge in [-0.15, -0.1) is 11.3 Å². The van der Waals surface area contributed by atoms with Gasteiger partial charge in [-0.25, -0.2) is 4.98 Å². The molecular weight excluding hydrogens is 322 g/mol. The summed E-state index contributed by atoms with van der Waals surface area (Å²) in [5.74, 6) is 0.708. The topological polar surface area (TPSA) is 78.0 Å². The van der Waals surface area contributed by atoms with Gasteiger partial charge in [-0.3, -0.25) is 4.98 Å². The summed E-state index contributed by atoms with van der Waals surface area (Å²) in [6.45, 7) is 4.44. The van der Waals surface area contributed by atoms with Crippen molar-refractivity contribution in [2.75, 3.05) is 19.6 Å². The van der Waals surface area contributed by atoms with Gasteiger partial charge in [0.1, 0.15) is 17.4 Å². The van der Waals surface area contributed by atoms with Crippen molar-refractivity contribution in [3.05, 3.63) is 23.5 Å². The third-order valence-electron chi connectivity index (χ3n) is 4.68. The summed E-state index contributed by atoms with van der Waals surface area (Å²) in [4.78, 5) is 11.4. The summed E-state index contributed by atoms with van der Waals surface area (Å²) < 4.78 is 3.34. The molecule has 1 saturated heterocycles. The first-order chi connectivity index (χ1) is 11.7. The van der Waals surface area contributed by atoms with Gasteiger partial charge in [0.2, 0.25) is 0 Å². The van der Waals surface area contributed by atoms with Gasteiger partial charge in [0.25, 0.3) is 0 Å². The number of aromatic nitrogens is 3. The maximum Gasteiger partial charge on any atom is 0.138 e. The van der Waals surface area contributed by atoms with Crippen molar-refractivity contribution < 1.29 is 5.11 Å². The van der Waals surface area contributed by atoms with Crippen LogP contribution in [0.15, 0.2) is 17.6 Å². The van der Waals surface area contributed by atoms with Crippen LogP contribution in [0.1, 0.15) is 37.7 Å². The zero-order chi connectivity index (χ0) is 16.7. The second-order valence-corrected chi connectivity index (χ2v) is 7.21. The number of imidazole rings is 1. The lowest BCUT2D eigenvalue weighted by Gasteiger charge is -2.19. The van der Waals surface area contributed by atoms with E-state index in [9.17, 15) is 5.11 Å². The molecule has 4 heterocycles. The van der Waals surface area contributed by atoms with Gasteiger partial charge in [-0.2, -0.15) is 5.26 Å². The molecule has 0 saturated carbocycles. The first-order valence-corrected chi connectivity index (χ1v) is 9.08. The van der Waals surface area contributed by atoms with Gasteiger partial charge in [0.15, 0.2) is 0 Å². The highest BCUT2D eigenvalue weighted by atomic mass is 32.1. The number of thiophene rings is 1. The predicted octanol–water partition coefficient (Wildman–Crippen LogP) is 2.86. The summed E-state index contributed by atoms with van der Waals surface area (Å²) in [5, 5.41) is 21.1. The van der Waals surface area contributed by atoms with E-state index >= 15 is 0 Å². The van der Waals surface area contributed by atoms with Gasteiger partial charge in [-0.05, 0) is 24.8 Å². The third-order valence-corrected chi connectivity index (χ3v) is 5.59. The van der Waals surface area contributed by atoms with Crippen molar-refractivity contribution >= 4 is 32.6 Å². The minimum absolute atomic E-state index is 0.269. The normalized spacial score (nSPS) is 20.0. The summed E-state index contributed by atoms with van der Waals surface area (Å²) in [6.07, 6.45) is 2.74. The SMILES string of the molecule is C[C@@H](O)c1nc2cnc3ccsc3c2n1[C@H]1CCN(CCC#N)C1. The van der Waals surface area contributed by atoms with Crippen LogP contribution in [0, 0.1) is 11.3 Å². The second-order valence-electron chi connectivity index (χ2n) is 6.29. The monoisotopic (exact) mass is 341 g/mol. The minimum atomic E-state index is -0.624. The van der Waals surface area contributed by atoms with E-state index in [0.29, 0.717) is 12.2 Å². The molecule has 0 aromatic carbocycles. The molecule has 4 rings (SSSR count). The average Bonchev–Trinajstić information content (AvgIpc) is 3.28. The molecule has 0 radical (unpaired) electrons. The first kappa shape index (κ1) is 15.5. The lowest BCUT2D eigenvalue weighted by Crippen LogP contribution is -2.23. The number of aliphatic hydroxyl groups excluding tert-OH is 1. The van der Waals surface area contributed by atoms with Crippen LogP contribution >= 0.6 is 11.3 Å². The van der Waals surface area contributed by atoms with Crippen LogP contribution in [0.2, 0.25) is 0 Å². The molecule has 1 aliphatic heterocycles. The van der Waals surface area contributed by atoms with Crippen molar-refractivity contribution in [2.45, 2.75) is 31.9 Å². The molecule has 1 aliphatic rings. The van der Waals surface area contributed by atoms with E-state index in [2.05, 4.69) is 25.5 Å². The standard InChI is InChI=1S/C17H19N5OS/c1-11(23)17-20-14-9-19-13-4-8-24-16(13)15(14)22(17)12-3-7-21(10-12)6-2-5-18/h4,8-9,11-12,23H,2-3,6-7,10H2,1H3/t11-,12+/m1/s1. The van der Waals surface area contributed by atoms with Crippen molar-refractivity contribution in [1.29, 1.82) is 5.26 Å². The molecule has 1 N–H and O–H groups in total. The van der Waals surface area contributed by atoms with Crippen LogP contribution in [0.3, 0.4) is 0 Å². The van der Waals surface area contributed by atoms with E-state index in [1.54, 1.807) is 24.5 Å². The van der Waals surface area contributed by atoms with Crippen LogP contribution in [0.4, 0.5) is 0 Å². The molecule has 0 amide bonds. The Balaban J connectivity index is 1.82. The predicted molar refractivity (Wildman–Crippen MR) is 93.9 cm³/mol. The van der Waals surface area contributed by atoms with E-state index in [0.717, 1.165) is 47.3 Å². The summed E-state index contributed by atoms with van der Waals surface area (Å²) in [5.41, 5.74) is 2.90. The van der Waals surface area contributed by atoms with Crippen molar-refractivity contribution in [1.82, 2.24) is 19.4 Å². The van der Waals surface area contributed by atoms with E-state index in [-0.39, 0.29) is 6.04 Å². The summed E-state index contributed by atoms with van der Waals surface area (Å²) >= 11 is 1.67. The van der Waals surface area contributed by atoms with Crippen molar-refractivity contribution in [3.8, 4) is 6.07 Å². The van der Waals surface area contributed by atoms with E-state index < -0.39 is 6.10 Å². The Morgan fingerprint density at radius 3 is 3.17 bits per heavy atom. The van der Waals surface area contributed by atoms with Crippen LogP contribution in [0.25, 0.3) is 21.3 Å². The van der Waals surface area contributed by atoms with Gasteiger partial charge in [-0.1, -0.05) is 0 Å². The Hall–Kier alpha value is -2.01. The Morgan fingerprint density at radius 1 is 1.50 bits per heavy atom. The summed E-state index contributed by atoms with van der Waals surface area (Å²) in [7, 11) is 0. The Kier molecular flexibility index (Phi) is 3.96. The minimum Gasteiger partial charge on any atom is -0.385 e. The van der Waals surface area contributed by atoms with Crippen molar-refractivity contribution in [3.63, 3.8) is 0 Å². The fourth-order valence-electron chi connectivity index (χ4n) is 3.59. The zero-order valence-electron chi connectivity index (χ0n) is 13.5. The van der Waals surface area contributed by atoms with Crippen LogP contribution in [0.5, 0.6) is 0 Å². The second kappa shape index (κ2) is 6.13. The highest BCUT2D eigenvalue weighted by molar-refractivity contribution is 7.18. The van der Waals surface area contributed by atoms with Crippen LogP contribution in [-0.4, -0.2) is 44.2 Å². The molecule has 3 aromatic heterocycles. The van der Waals surface area contributed by atoms with Gasteiger partial charge >= 0.3 is 0 Å². The molecule has 124 valence electrons. The zero-order valence-corrected chi connectivity index (χ0v) is 14.3. The molecule has 0 unspecified atom stereocenters. The number of hydrogen-bond donors (Lipinski definition) is 1. The molecular formula is C17H19N5OS. The molecule has 2 atom stereocenters. The Bertz CT molecular complexity index is 922. The Morgan fingerprint density at radius 2 is 2.38 bits per heavy atom. The number of aliphatic hydroxyl groups is 1.